The van der Waals surface area contributed by atoms with Crippen LogP contribution in [0.15, 0.2) is 42.7 Å². The van der Waals surface area contributed by atoms with Crippen LogP contribution in [-0.4, -0.2) is 12.1 Å². The second-order valence-corrected chi connectivity index (χ2v) is 3.40. The summed E-state index contributed by atoms with van der Waals surface area (Å²) in [5.74, 6) is 0.899. The van der Waals surface area contributed by atoms with E-state index in [1.165, 1.54) is 0 Å². The van der Waals surface area contributed by atoms with E-state index in [2.05, 4.69) is 17.1 Å². The predicted molar refractivity (Wildman–Crippen MR) is 61.0 cm³/mol. The van der Waals surface area contributed by atoms with Crippen molar-refractivity contribution in [2.24, 2.45) is 0 Å². The van der Waals surface area contributed by atoms with E-state index < -0.39 is 0 Å². The van der Waals surface area contributed by atoms with Crippen LogP contribution < -0.4 is 4.74 Å². The van der Waals surface area contributed by atoms with Gasteiger partial charge in [0.2, 0.25) is 0 Å². The number of aryl methyl sites for hydroxylation is 1. The molecule has 0 atom stereocenters. The van der Waals surface area contributed by atoms with Gasteiger partial charge < -0.3 is 4.74 Å². The summed E-state index contributed by atoms with van der Waals surface area (Å²) in [5.41, 5.74) is 3.22. The minimum Gasteiger partial charge on any atom is -0.496 e. The van der Waals surface area contributed by atoms with Crippen molar-refractivity contribution in [2.75, 3.05) is 7.11 Å². The molecule has 0 unspecified atom stereocenters. The summed E-state index contributed by atoms with van der Waals surface area (Å²) in [5, 5.41) is 0. The third-order valence-electron chi connectivity index (χ3n) is 2.36. The minimum absolute atomic E-state index is 0.899. The van der Waals surface area contributed by atoms with Gasteiger partial charge in [0.05, 0.1) is 7.11 Å². The van der Waals surface area contributed by atoms with Gasteiger partial charge in [0.15, 0.2) is 0 Å². The van der Waals surface area contributed by atoms with Gasteiger partial charge in [0.25, 0.3) is 0 Å². The highest BCUT2D eigenvalue weighted by atomic mass is 16.5. The van der Waals surface area contributed by atoms with Crippen LogP contribution in [0.3, 0.4) is 0 Å². The summed E-state index contributed by atoms with van der Waals surface area (Å²) in [6.07, 6.45) is 3.65. The predicted octanol–water partition coefficient (Wildman–Crippen LogP) is 3.07. The van der Waals surface area contributed by atoms with Crippen LogP contribution in [0.5, 0.6) is 5.75 Å². The second kappa shape index (κ2) is 4.13. The maximum absolute atomic E-state index is 5.39. The second-order valence-electron chi connectivity index (χ2n) is 3.40. The highest BCUT2D eigenvalue weighted by Crippen LogP contribution is 2.31. The number of hydrogen-bond donors (Lipinski definition) is 0. The number of ether oxygens (including phenoxy) is 1. The first kappa shape index (κ1) is 9.71. The molecule has 2 rings (SSSR count). The zero-order valence-electron chi connectivity index (χ0n) is 8.90. The lowest BCUT2D eigenvalue weighted by atomic mass is 10.1. The quantitative estimate of drug-likeness (QED) is 0.741. The van der Waals surface area contributed by atoms with Gasteiger partial charge in [-0.25, -0.2) is 0 Å². The van der Waals surface area contributed by atoms with E-state index in [4.69, 9.17) is 4.74 Å². The standard InChI is InChI=1S/C13H13NO/c1-10-8-14-9-12(13(10)15-2)11-6-4-3-5-7-11/h3-9H,1-2H3. The van der Waals surface area contributed by atoms with Crippen LogP contribution in [0.4, 0.5) is 0 Å². The molecule has 15 heavy (non-hydrogen) atoms. The van der Waals surface area contributed by atoms with Crippen LogP contribution in [0.25, 0.3) is 11.1 Å². The van der Waals surface area contributed by atoms with Crippen LogP contribution in [-0.2, 0) is 0 Å². The van der Waals surface area contributed by atoms with Gasteiger partial charge in [0, 0.05) is 23.5 Å². The molecular weight excluding hydrogens is 186 g/mol. The van der Waals surface area contributed by atoms with Crippen LogP contribution in [0.2, 0.25) is 0 Å². The molecule has 2 heteroatoms. The monoisotopic (exact) mass is 199 g/mol. The molecule has 1 aromatic carbocycles. The Morgan fingerprint density at radius 2 is 1.80 bits per heavy atom. The van der Waals surface area contributed by atoms with Gasteiger partial charge in [0.1, 0.15) is 5.75 Å². The van der Waals surface area contributed by atoms with Crippen LogP contribution >= 0.6 is 0 Å². The Bertz CT molecular complexity index is 451. The highest BCUT2D eigenvalue weighted by molar-refractivity contribution is 5.70. The normalized spacial score (nSPS) is 10.0. The van der Waals surface area contributed by atoms with Crippen LogP contribution in [0, 0.1) is 6.92 Å². The van der Waals surface area contributed by atoms with Crippen molar-refractivity contribution in [3.8, 4) is 16.9 Å². The fourth-order valence-corrected chi connectivity index (χ4v) is 1.65. The SMILES string of the molecule is COc1c(C)cncc1-c1ccccc1. The van der Waals surface area contributed by atoms with Crippen molar-refractivity contribution in [3.05, 3.63) is 48.3 Å². The van der Waals surface area contributed by atoms with Gasteiger partial charge in [-0.05, 0) is 12.5 Å². The average molecular weight is 199 g/mol. The Hall–Kier alpha value is -1.83. The van der Waals surface area contributed by atoms with Gasteiger partial charge in [-0.1, -0.05) is 30.3 Å². The molecule has 0 spiro atoms. The molecule has 0 fully saturated rings. The van der Waals surface area contributed by atoms with Crippen molar-refractivity contribution >= 4 is 0 Å². The number of nitrogens with zero attached hydrogens (tertiary/aromatic N) is 1. The summed E-state index contributed by atoms with van der Waals surface area (Å²) in [6.45, 7) is 2.00. The van der Waals surface area contributed by atoms with E-state index in [-0.39, 0.29) is 0 Å². The van der Waals surface area contributed by atoms with Crippen molar-refractivity contribution in [1.29, 1.82) is 0 Å². The van der Waals surface area contributed by atoms with Gasteiger partial charge in [-0.3, -0.25) is 4.98 Å². The van der Waals surface area contributed by atoms with E-state index in [1.54, 1.807) is 7.11 Å². The van der Waals surface area contributed by atoms with Crippen molar-refractivity contribution in [1.82, 2.24) is 4.98 Å². The third-order valence-corrected chi connectivity index (χ3v) is 2.36. The number of benzene rings is 1. The highest BCUT2D eigenvalue weighted by Gasteiger charge is 2.07. The molecule has 0 aliphatic rings. The summed E-state index contributed by atoms with van der Waals surface area (Å²) >= 11 is 0. The molecule has 2 aromatic rings. The molecule has 0 aliphatic heterocycles. The Morgan fingerprint density at radius 1 is 1.07 bits per heavy atom. The fraction of sp³-hybridized carbons (Fsp3) is 0.154. The molecule has 0 saturated heterocycles. The van der Waals surface area contributed by atoms with E-state index in [0.717, 1.165) is 22.4 Å². The Kier molecular flexibility index (Phi) is 2.68. The summed E-state index contributed by atoms with van der Waals surface area (Å²) < 4.78 is 5.39. The third kappa shape index (κ3) is 1.84. The zero-order chi connectivity index (χ0) is 10.7. The lowest BCUT2D eigenvalue weighted by molar-refractivity contribution is 0.413. The van der Waals surface area contributed by atoms with E-state index in [1.807, 2.05) is 37.5 Å². The first-order chi connectivity index (χ1) is 7.33. The maximum atomic E-state index is 5.39. The van der Waals surface area contributed by atoms with Crippen LogP contribution in [0.1, 0.15) is 5.56 Å². The first-order valence-electron chi connectivity index (χ1n) is 4.87. The van der Waals surface area contributed by atoms with Gasteiger partial charge in [-0.15, -0.1) is 0 Å². The Morgan fingerprint density at radius 3 is 2.47 bits per heavy atom. The summed E-state index contributed by atoms with van der Waals surface area (Å²) in [6, 6.07) is 10.1. The van der Waals surface area contributed by atoms with Crippen molar-refractivity contribution in [2.45, 2.75) is 6.92 Å². The topological polar surface area (TPSA) is 22.1 Å². The van der Waals surface area contributed by atoms with E-state index >= 15 is 0 Å². The molecule has 1 heterocycles. The molecule has 0 amide bonds. The zero-order valence-corrected chi connectivity index (χ0v) is 8.90. The summed E-state index contributed by atoms with van der Waals surface area (Å²) in [7, 11) is 1.69. The molecular formula is C13H13NO. The maximum Gasteiger partial charge on any atom is 0.132 e. The Labute approximate surface area is 89.6 Å². The largest absolute Gasteiger partial charge is 0.496 e. The number of aromatic nitrogens is 1. The smallest absolute Gasteiger partial charge is 0.132 e. The molecule has 0 saturated carbocycles. The molecule has 76 valence electrons. The average Bonchev–Trinajstić information content (AvgIpc) is 2.30. The number of hydrogen-bond acceptors (Lipinski definition) is 2. The number of rotatable bonds is 2. The van der Waals surface area contributed by atoms with E-state index in [0.29, 0.717) is 0 Å². The molecule has 0 aliphatic carbocycles. The van der Waals surface area contributed by atoms with Crippen molar-refractivity contribution < 1.29 is 4.74 Å². The lowest BCUT2D eigenvalue weighted by Gasteiger charge is -2.10. The lowest BCUT2D eigenvalue weighted by Crippen LogP contribution is -1.92. The van der Waals surface area contributed by atoms with Gasteiger partial charge >= 0.3 is 0 Å². The molecule has 2 nitrogen and oxygen atoms in total. The Balaban J connectivity index is 2.58. The molecule has 0 bridgehead atoms. The first-order valence-corrected chi connectivity index (χ1v) is 4.87. The summed E-state index contributed by atoms with van der Waals surface area (Å²) in [4.78, 5) is 4.19. The van der Waals surface area contributed by atoms with Crippen molar-refractivity contribution in [3.63, 3.8) is 0 Å². The molecule has 0 N–H and O–H groups in total. The van der Waals surface area contributed by atoms with E-state index in [9.17, 15) is 0 Å². The van der Waals surface area contributed by atoms with Gasteiger partial charge in [-0.2, -0.15) is 0 Å². The minimum atomic E-state index is 0.899. The molecule has 0 radical (unpaired) electrons. The fourth-order valence-electron chi connectivity index (χ4n) is 1.65. The number of methoxy groups -OCH3 is 1. The molecule has 1 aromatic heterocycles. The number of pyridine rings is 1.